The number of carbonyl (C=O) groups excluding carboxylic acids is 1. The van der Waals surface area contributed by atoms with Crippen molar-refractivity contribution in [2.45, 2.75) is 46.1 Å². The summed E-state index contributed by atoms with van der Waals surface area (Å²) < 4.78 is 1.40. The number of hydrogen-bond donors (Lipinski definition) is 2. The number of fused-ring (bicyclic) bond motifs is 1. The van der Waals surface area contributed by atoms with E-state index in [-0.39, 0.29) is 28.4 Å². The van der Waals surface area contributed by atoms with Crippen molar-refractivity contribution in [3.8, 4) is 0 Å². The molecule has 7 nitrogen and oxygen atoms in total. The van der Waals surface area contributed by atoms with Gasteiger partial charge in [0.25, 0.3) is 11.5 Å². The van der Waals surface area contributed by atoms with E-state index in [0.717, 1.165) is 29.7 Å². The fourth-order valence-electron chi connectivity index (χ4n) is 3.41. The molecule has 7 heteroatoms. The van der Waals surface area contributed by atoms with Crippen molar-refractivity contribution in [3.05, 3.63) is 67.5 Å². The first-order chi connectivity index (χ1) is 13.4. The minimum absolute atomic E-state index is 0.147. The summed E-state index contributed by atoms with van der Waals surface area (Å²) in [7, 11) is 0. The smallest absolute Gasteiger partial charge is 0.322 e. The van der Waals surface area contributed by atoms with Gasteiger partial charge in [-0.2, -0.15) is 0 Å². The third-order valence-electron chi connectivity index (χ3n) is 5.17. The van der Waals surface area contributed by atoms with Crippen LogP contribution in [0.15, 0.2) is 33.9 Å². The van der Waals surface area contributed by atoms with Gasteiger partial charge in [0.15, 0.2) is 5.65 Å². The number of benzene rings is 1. The molecule has 0 spiro atoms. The second-order valence-corrected chi connectivity index (χ2v) is 7.34. The van der Waals surface area contributed by atoms with Crippen LogP contribution in [0.5, 0.6) is 0 Å². The number of pyridine rings is 1. The van der Waals surface area contributed by atoms with Gasteiger partial charge in [-0.3, -0.25) is 19.1 Å². The molecule has 3 aromatic rings. The molecule has 28 heavy (non-hydrogen) atoms. The zero-order valence-corrected chi connectivity index (χ0v) is 16.1. The predicted octanol–water partition coefficient (Wildman–Crippen LogP) is 2.85. The summed E-state index contributed by atoms with van der Waals surface area (Å²) in [4.78, 5) is 44.8. The van der Waals surface area contributed by atoms with Crippen molar-refractivity contribution in [1.29, 1.82) is 0 Å². The van der Waals surface area contributed by atoms with Gasteiger partial charge >= 0.3 is 5.69 Å². The van der Waals surface area contributed by atoms with Crippen molar-refractivity contribution in [2.75, 3.05) is 5.32 Å². The van der Waals surface area contributed by atoms with E-state index in [1.54, 1.807) is 13.0 Å². The van der Waals surface area contributed by atoms with Gasteiger partial charge in [-0.1, -0.05) is 12.1 Å². The maximum atomic E-state index is 13.1. The summed E-state index contributed by atoms with van der Waals surface area (Å²) in [6, 6.07) is 7.50. The number of aromatic nitrogens is 3. The fraction of sp³-hybridized carbons (Fsp3) is 0.333. The van der Waals surface area contributed by atoms with E-state index in [4.69, 9.17) is 0 Å². The van der Waals surface area contributed by atoms with Gasteiger partial charge in [-0.15, -0.1) is 0 Å². The van der Waals surface area contributed by atoms with E-state index in [1.807, 2.05) is 32.0 Å². The first kappa shape index (κ1) is 18.2. The Bertz CT molecular complexity index is 1220. The number of aryl methyl sites for hydroxylation is 3. The minimum Gasteiger partial charge on any atom is -0.322 e. The lowest BCUT2D eigenvalue weighted by molar-refractivity contribution is 0.102. The largest absolute Gasteiger partial charge is 0.329 e. The van der Waals surface area contributed by atoms with Gasteiger partial charge in [0.05, 0.1) is 10.9 Å². The van der Waals surface area contributed by atoms with Crippen molar-refractivity contribution >= 4 is 22.6 Å². The average molecular weight is 378 g/mol. The molecule has 4 rings (SSSR count). The van der Waals surface area contributed by atoms with E-state index in [9.17, 15) is 14.4 Å². The van der Waals surface area contributed by atoms with E-state index >= 15 is 0 Å². The first-order valence-corrected chi connectivity index (χ1v) is 9.45. The molecular formula is C21H22N4O3. The van der Waals surface area contributed by atoms with Gasteiger partial charge in [0.1, 0.15) is 0 Å². The monoisotopic (exact) mass is 378 g/mol. The van der Waals surface area contributed by atoms with Crippen LogP contribution in [0.25, 0.3) is 11.0 Å². The molecule has 0 aliphatic heterocycles. The lowest BCUT2D eigenvalue weighted by atomic mass is 10.1. The second kappa shape index (κ2) is 6.74. The van der Waals surface area contributed by atoms with Crippen LogP contribution in [-0.4, -0.2) is 20.4 Å². The highest BCUT2D eigenvalue weighted by atomic mass is 16.2. The Morgan fingerprint density at radius 2 is 2.00 bits per heavy atom. The number of nitrogens with one attached hydrogen (secondary N) is 2. The quantitative estimate of drug-likeness (QED) is 0.729. The third-order valence-corrected chi connectivity index (χ3v) is 5.17. The van der Waals surface area contributed by atoms with Crippen LogP contribution >= 0.6 is 0 Å². The number of rotatable bonds is 4. The molecule has 0 unspecified atom stereocenters. The summed E-state index contributed by atoms with van der Waals surface area (Å²) in [6.45, 7) is 6.02. The van der Waals surface area contributed by atoms with Crippen LogP contribution in [0.1, 0.15) is 52.9 Å². The van der Waals surface area contributed by atoms with Crippen LogP contribution in [0.4, 0.5) is 5.69 Å². The van der Waals surface area contributed by atoms with E-state index < -0.39 is 11.2 Å². The number of H-pyrrole nitrogens is 1. The molecule has 0 bridgehead atoms. The molecule has 0 atom stereocenters. The highest BCUT2D eigenvalue weighted by Crippen LogP contribution is 2.40. The highest BCUT2D eigenvalue weighted by molar-refractivity contribution is 6.12. The number of hydrogen-bond acceptors (Lipinski definition) is 4. The predicted molar refractivity (Wildman–Crippen MR) is 108 cm³/mol. The Kier molecular flexibility index (Phi) is 4.37. The van der Waals surface area contributed by atoms with Crippen molar-refractivity contribution in [1.82, 2.24) is 14.5 Å². The molecule has 144 valence electrons. The number of anilines is 1. The molecule has 1 aliphatic carbocycles. The summed E-state index contributed by atoms with van der Waals surface area (Å²) in [5.74, 6) is -0.105. The van der Waals surface area contributed by atoms with E-state index in [1.165, 1.54) is 4.57 Å². The van der Waals surface area contributed by atoms with Gasteiger partial charge in [-0.05, 0) is 56.9 Å². The SMILES string of the molecule is CCn1c(=O)[nH]c(=O)c2c(C(=O)Nc3cc(C)ccc3C)cc(C3CC3)nc21. The lowest BCUT2D eigenvalue weighted by Crippen LogP contribution is -2.32. The molecule has 2 N–H and O–H groups in total. The van der Waals surface area contributed by atoms with Crippen molar-refractivity contribution in [2.24, 2.45) is 0 Å². The molecule has 1 aliphatic rings. The number of aromatic amines is 1. The maximum Gasteiger partial charge on any atom is 0.329 e. The van der Waals surface area contributed by atoms with Crippen LogP contribution in [-0.2, 0) is 6.54 Å². The van der Waals surface area contributed by atoms with Gasteiger partial charge < -0.3 is 5.32 Å². The molecule has 0 saturated heterocycles. The van der Waals surface area contributed by atoms with Gasteiger partial charge in [0.2, 0.25) is 0 Å². The standard InChI is InChI=1S/C21H22N4O3/c1-4-25-18-17(20(27)24-21(25)28)14(10-16(22-18)13-7-8-13)19(26)23-15-9-11(2)5-6-12(15)3/h5-6,9-10,13H,4,7-8H2,1-3H3,(H,23,26)(H,24,27,28). The zero-order chi connectivity index (χ0) is 20.0. The molecule has 1 aromatic carbocycles. The summed E-state index contributed by atoms with van der Waals surface area (Å²) in [6.07, 6.45) is 1.99. The van der Waals surface area contributed by atoms with Gasteiger partial charge in [0, 0.05) is 23.8 Å². The maximum absolute atomic E-state index is 13.1. The number of amides is 1. The van der Waals surface area contributed by atoms with Gasteiger partial charge in [-0.25, -0.2) is 9.78 Å². The molecular weight excluding hydrogens is 356 g/mol. The molecule has 1 amide bonds. The Hall–Kier alpha value is -3.22. The second-order valence-electron chi connectivity index (χ2n) is 7.34. The normalized spacial score (nSPS) is 13.7. The highest BCUT2D eigenvalue weighted by Gasteiger charge is 2.28. The fourth-order valence-corrected chi connectivity index (χ4v) is 3.41. The summed E-state index contributed by atoms with van der Waals surface area (Å²) >= 11 is 0. The summed E-state index contributed by atoms with van der Waals surface area (Å²) in [5.41, 5.74) is 2.82. The minimum atomic E-state index is -0.592. The van der Waals surface area contributed by atoms with E-state index in [0.29, 0.717) is 12.2 Å². The average Bonchev–Trinajstić information content (AvgIpc) is 3.49. The Labute approximate surface area is 161 Å². The topological polar surface area (TPSA) is 96.9 Å². The molecule has 0 radical (unpaired) electrons. The molecule has 2 aromatic heterocycles. The molecule has 2 heterocycles. The Balaban J connectivity index is 1.92. The Morgan fingerprint density at radius 1 is 1.25 bits per heavy atom. The Morgan fingerprint density at radius 3 is 2.68 bits per heavy atom. The number of carbonyl (C=O) groups is 1. The first-order valence-electron chi connectivity index (χ1n) is 9.45. The van der Waals surface area contributed by atoms with Crippen molar-refractivity contribution in [3.63, 3.8) is 0 Å². The molecule has 1 saturated carbocycles. The van der Waals surface area contributed by atoms with E-state index in [2.05, 4.69) is 15.3 Å². The number of nitrogens with zero attached hydrogens (tertiary/aromatic N) is 2. The lowest BCUT2D eigenvalue weighted by Gasteiger charge is -2.13. The van der Waals surface area contributed by atoms with Crippen molar-refractivity contribution < 1.29 is 4.79 Å². The van der Waals surface area contributed by atoms with Crippen LogP contribution < -0.4 is 16.6 Å². The zero-order valence-electron chi connectivity index (χ0n) is 16.1. The van der Waals surface area contributed by atoms with Crippen LogP contribution in [0.2, 0.25) is 0 Å². The summed E-state index contributed by atoms with van der Waals surface area (Å²) in [5, 5.41) is 3.07. The van der Waals surface area contributed by atoms with Crippen LogP contribution in [0.3, 0.4) is 0 Å². The third kappa shape index (κ3) is 3.13. The van der Waals surface area contributed by atoms with Crippen LogP contribution in [0, 0.1) is 13.8 Å². The molecule has 1 fully saturated rings.